The van der Waals surface area contributed by atoms with Gasteiger partial charge >= 0.3 is 0 Å². The normalized spacial score (nSPS) is 11.0. The Kier molecular flexibility index (Phi) is 5.10. The van der Waals surface area contributed by atoms with E-state index in [0.717, 1.165) is 24.2 Å². The van der Waals surface area contributed by atoms with Crippen molar-refractivity contribution in [2.45, 2.75) is 19.8 Å². The van der Waals surface area contributed by atoms with E-state index in [1.807, 2.05) is 18.2 Å². The second kappa shape index (κ2) is 7.03. The highest BCUT2D eigenvalue weighted by atomic mass is 32.1. The van der Waals surface area contributed by atoms with Gasteiger partial charge in [-0.05, 0) is 30.8 Å². The molecule has 1 aromatic heterocycles. The van der Waals surface area contributed by atoms with Crippen LogP contribution in [-0.2, 0) is 6.42 Å². The van der Waals surface area contributed by atoms with Crippen LogP contribution in [0.15, 0.2) is 23.3 Å². The van der Waals surface area contributed by atoms with Gasteiger partial charge in [-0.3, -0.25) is 5.10 Å². The number of benzene rings is 1. The lowest BCUT2D eigenvalue weighted by molar-refractivity contribution is 0.354. The SMILES string of the molecule is CCCc1n[nH]c(=S)n1/N=C\c1cccc(OC)c1OC. The third-order valence-electron chi connectivity index (χ3n) is 2.94. The first kappa shape index (κ1) is 15.2. The predicted octanol–water partition coefficient (Wildman–Crippen LogP) is 2.79. The molecule has 1 N–H and O–H groups in total. The molecule has 0 atom stereocenters. The van der Waals surface area contributed by atoms with Crippen LogP contribution < -0.4 is 9.47 Å². The van der Waals surface area contributed by atoms with Gasteiger partial charge < -0.3 is 9.47 Å². The van der Waals surface area contributed by atoms with Crippen molar-refractivity contribution in [2.75, 3.05) is 14.2 Å². The van der Waals surface area contributed by atoms with Crippen molar-refractivity contribution in [2.24, 2.45) is 5.10 Å². The molecule has 0 radical (unpaired) electrons. The minimum atomic E-state index is 0.469. The molecule has 2 aromatic rings. The van der Waals surface area contributed by atoms with E-state index < -0.39 is 0 Å². The molecule has 0 fully saturated rings. The number of para-hydroxylation sites is 1. The molecule has 1 heterocycles. The Morgan fingerprint density at radius 2 is 2.19 bits per heavy atom. The molecule has 0 amide bonds. The Hall–Kier alpha value is -2.15. The first-order valence-electron chi connectivity index (χ1n) is 6.62. The van der Waals surface area contributed by atoms with Gasteiger partial charge in [0.1, 0.15) is 0 Å². The largest absolute Gasteiger partial charge is 0.493 e. The Balaban J connectivity index is 2.38. The summed E-state index contributed by atoms with van der Waals surface area (Å²) in [5.74, 6) is 2.10. The number of methoxy groups -OCH3 is 2. The summed E-state index contributed by atoms with van der Waals surface area (Å²) < 4.78 is 12.7. The van der Waals surface area contributed by atoms with Gasteiger partial charge in [0.25, 0.3) is 0 Å². The first-order valence-corrected chi connectivity index (χ1v) is 7.03. The summed E-state index contributed by atoms with van der Waals surface area (Å²) in [6, 6.07) is 5.61. The van der Waals surface area contributed by atoms with Crippen LogP contribution in [-0.4, -0.2) is 35.3 Å². The van der Waals surface area contributed by atoms with E-state index in [1.54, 1.807) is 25.1 Å². The third kappa shape index (κ3) is 3.30. The van der Waals surface area contributed by atoms with Crippen molar-refractivity contribution >= 4 is 18.4 Å². The van der Waals surface area contributed by atoms with Crippen LogP contribution in [0.4, 0.5) is 0 Å². The molecule has 0 unspecified atom stereocenters. The highest BCUT2D eigenvalue weighted by Gasteiger charge is 2.08. The maximum atomic E-state index is 5.37. The fraction of sp³-hybridized carbons (Fsp3) is 0.357. The van der Waals surface area contributed by atoms with Crippen molar-refractivity contribution in [1.29, 1.82) is 0 Å². The molecule has 0 saturated heterocycles. The average molecular weight is 306 g/mol. The molecule has 112 valence electrons. The maximum Gasteiger partial charge on any atom is 0.216 e. The van der Waals surface area contributed by atoms with E-state index in [1.165, 1.54) is 0 Å². The molecule has 0 aliphatic rings. The zero-order valence-electron chi connectivity index (χ0n) is 12.3. The van der Waals surface area contributed by atoms with Gasteiger partial charge in [-0.2, -0.15) is 14.9 Å². The molecule has 7 heteroatoms. The molecule has 0 aliphatic heterocycles. The molecular weight excluding hydrogens is 288 g/mol. The van der Waals surface area contributed by atoms with Crippen LogP contribution in [0.2, 0.25) is 0 Å². The Morgan fingerprint density at radius 1 is 1.38 bits per heavy atom. The molecular formula is C14H18N4O2S. The number of hydrogen-bond acceptors (Lipinski definition) is 5. The van der Waals surface area contributed by atoms with Gasteiger partial charge in [0.2, 0.25) is 4.77 Å². The summed E-state index contributed by atoms with van der Waals surface area (Å²) in [6.07, 6.45) is 3.46. The van der Waals surface area contributed by atoms with Gasteiger partial charge in [-0.15, -0.1) is 0 Å². The van der Waals surface area contributed by atoms with Crippen molar-refractivity contribution in [3.05, 3.63) is 34.4 Å². The molecule has 2 rings (SSSR count). The second-order valence-corrected chi connectivity index (χ2v) is 4.72. The smallest absolute Gasteiger partial charge is 0.216 e. The summed E-state index contributed by atoms with van der Waals surface area (Å²) in [7, 11) is 3.20. The van der Waals surface area contributed by atoms with Crippen molar-refractivity contribution in [1.82, 2.24) is 14.9 Å². The summed E-state index contributed by atoms with van der Waals surface area (Å²) in [5, 5.41) is 11.3. The average Bonchev–Trinajstić information content (AvgIpc) is 2.85. The van der Waals surface area contributed by atoms with Crippen LogP contribution >= 0.6 is 12.2 Å². The lowest BCUT2D eigenvalue weighted by Crippen LogP contribution is -2.00. The number of aromatic nitrogens is 3. The summed E-state index contributed by atoms with van der Waals surface area (Å²) in [5.41, 5.74) is 0.808. The standard InChI is InChI=1S/C14H18N4O2S/c1-4-6-12-16-17-14(21)18(12)15-9-10-7-5-8-11(19-2)13(10)20-3/h5,7-9H,4,6H2,1-3H3,(H,17,21)/b15-9-. The predicted molar refractivity (Wildman–Crippen MR) is 83.9 cm³/mol. The summed E-state index contributed by atoms with van der Waals surface area (Å²) in [6.45, 7) is 2.08. The van der Waals surface area contributed by atoms with Gasteiger partial charge in [-0.25, -0.2) is 0 Å². The van der Waals surface area contributed by atoms with Crippen LogP contribution in [0.1, 0.15) is 24.7 Å². The Bertz CT molecular complexity index is 691. The Morgan fingerprint density at radius 3 is 2.86 bits per heavy atom. The van der Waals surface area contributed by atoms with Gasteiger partial charge in [-0.1, -0.05) is 13.0 Å². The van der Waals surface area contributed by atoms with Gasteiger partial charge in [0.15, 0.2) is 17.3 Å². The number of nitrogens with one attached hydrogen (secondary N) is 1. The zero-order chi connectivity index (χ0) is 15.2. The van der Waals surface area contributed by atoms with Gasteiger partial charge in [0, 0.05) is 12.0 Å². The van der Waals surface area contributed by atoms with Crippen molar-refractivity contribution in [3.8, 4) is 11.5 Å². The number of aryl methyl sites for hydroxylation is 1. The fourth-order valence-electron chi connectivity index (χ4n) is 1.96. The minimum Gasteiger partial charge on any atom is -0.493 e. The molecule has 0 saturated carbocycles. The van der Waals surface area contributed by atoms with Crippen LogP contribution in [0, 0.1) is 4.77 Å². The molecule has 1 aromatic carbocycles. The number of ether oxygens (including phenoxy) is 2. The van der Waals surface area contributed by atoms with E-state index >= 15 is 0 Å². The number of aromatic amines is 1. The van der Waals surface area contributed by atoms with Gasteiger partial charge in [0.05, 0.1) is 20.4 Å². The molecule has 0 bridgehead atoms. The summed E-state index contributed by atoms with van der Waals surface area (Å²) in [4.78, 5) is 0. The first-order chi connectivity index (χ1) is 10.2. The highest BCUT2D eigenvalue weighted by Crippen LogP contribution is 2.29. The fourth-order valence-corrected chi connectivity index (χ4v) is 2.16. The van der Waals surface area contributed by atoms with E-state index in [0.29, 0.717) is 16.3 Å². The second-order valence-electron chi connectivity index (χ2n) is 4.33. The minimum absolute atomic E-state index is 0.469. The van der Waals surface area contributed by atoms with E-state index in [4.69, 9.17) is 21.7 Å². The van der Waals surface area contributed by atoms with Crippen molar-refractivity contribution < 1.29 is 9.47 Å². The van der Waals surface area contributed by atoms with Crippen molar-refractivity contribution in [3.63, 3.8) is 0 Å². The molecule has 0 spiro atoms. The maximum absolute atomic E-state index is 5.37. The topological polar surface area (TPSA) is 64.4 Å². The number of H-pyrrole nitrogens is 1. The van der Waals surface area contributed by atoms with E-state index in [9.17, 15) is 0 Å². The van der Waals surface area contributed by atoms with E-state index in [2.05, 4.69) is 22.2 Å². The quantitative estimate of drug-likeness (QED) is 0.658. The monoisotopic (exact) mass is 306 g/mol. The molecule has 6 nitrogen and oxygen atoms in total. The highest BCUT2D eigenvalue weighted by molar-refractivity contribution is 7.71. The zero-order valence-corrected chi connectivity index (χ0v) is 13.1. The number of nitrogens with zero attached hydrogens (tertiary/aromatic N) is 3. The molecule has 21 heavy (non-hydrogen) atoms. The molecule has 0 aliphatic carbocycles. The third-order valence-corrected chi connectivity index (χ3v) is 3.20. The number of hydrogen-bond donors (Lipinski definition) is 1. The number of rotatable bonds is 6. The van der Waals surface area contributed by atoms with E-state index in [-0.39, 0.29) is 0 Å². The Labute approximate surface area is 128 Å². The van der Waals surface area contributed by atoms with Crippen LogP contribution in [0.3, 0.4) is 0 Å². The summed E-state index contributed by atoms with van der Waals surface area (Å²) >= 11 is 5.19. The lowest BCUT2D eigenvalue weighted by atomic mass is 10.2. The lowest BCUT2D eigenvalue weighted by Gasteiger charge is -2.09. The van der Waals surface area contributed by atoms with Crippen LogP contribution in [0.25, 0.3) is 0 Å². The van der Waals surface area contributed by atoms with Crippen LogP contribution in [0.5, 0.6) is 11.5 Å².